The smallest absolute Gasteiger partial charge is 0.266 e. The van der Waals surface area contributed by atoms with Gasteiger partial charge in [0.15, 0.2) is 11.0 Å². The number of amidine groups is 1. The summed E-state index contributed by atoms with van der Waals surface area (Å²) < 4.78 is 27.0. The van der Waals surface area contributed by atoms with Crippen molar-refractivity contribution < 1.29 is 13.6 Å². The van der Waals surface area contributed by atoms with Gasteiger partial charge in [0.2, 0.25) is 0 Å². The van der Waals surface area contributed by atoms with Crippen LogP contribution in [0, 0.1) is 18.6 Å². The summed E-state index contributed by atoms with van der Waals surface area (Å²) in [6.07, 6.45) is 4.27. The Bertz CT molecular complexity index is 1030. The lowest BCUT2D eigenvalue weighted by Gasteiger charge is -2.20. The Kier molecular flexibility index (Phi) is 5.41. The molecule has 2 aliphatic rings. The SMILES string of the molecule is Cc1cc(/C=C2/SC(=Nc3ccc(F)cc3F)N(C)C2=O)ccc1N1CCCC1. The van der Waals surface area contributed by atoms with Crippen LogP contribution < -0.4 is 4.90 Å². The first kappa shape index (κ1) is 19.6. The topological polar surface area (TPSA) is 35.9 Å². The molecule has 0 saturated carbocycles. The molecule has 0 N–H and O–H groups in total. The number of rotatable bonds is 3. The lowest BCUT2D eigenvalue weighted by Crippen LogP contribution is -2.23. The van der Waals surface area contributed by atoms with E-state index in [-0.39, 0.29) is 11.6 Å². The second-order valence-electron chi connectivity index (χ2n) is 7.21. The standard InChI is InChI=1S/C22H21F2N3OS/c1-14-11-15(5-8-19(14)27-9-3-4-10-27)12-20-21(28)26(2)22(29-20)25-18-7-6-16(23)13-17(18)24/h5-8,11-13H,3-4,9-10H2,1-2H3/b20-12+,25-22?. The van der Waals surface area contributed by atoms with Gasteiger partial charge in [0.25, 0.3) is 5.91 Å². The molecule has 0 radical (unpaired) electrons. The summed E-state index contributed by atoms with van der Waals surface area (Å²) in [5, 5.41) is 0.358. The number of aryl methyl sites for hydroxylation is 1. The number of carbonyl (C=O) groups excluding carboxylic acids is 1. The van der Waals surface area contributed by atoms with Crippen LogP contribution in [0.5, 0.6) is 0 Å². The summed E-state index contributed by atoms with van der Waals surface area (Å²) in [7, 11) is 1.60. The zero-order valence-electron chi connectivity index (χ0n) is 16.3. The van der Waals surface area contributed by atoms with Crippen molar-refractivity contribution in [3.05, 3.63) is 64.1 Å². The summed E-state index contributed by atoms with van der Waals surface area (Å²) >= 11 is 1.18. The van der Waals surface area contributed by atoms with Crippen molar-refractivity contribution in [2.45, 2.75) is 19.8 Å². The van der Waals surface area contributed by atoms with E-state index in [2.05, 4.69) is 28.9 Å². The molecule has 1 amide bonds. The van der Waals surface area contributed by atoms with E-state index < -0.39 is 11.6 Å². The number of likely N-dealkylation sites (N-methyl/N-ethyl adjacent to an activating group) is 1. The molecular weight excluding hydrogens is 392 g/mol. The number of thioether (sulfide) groups is 1. The third-order valence-corrected chi connectivity index (χ3v) is 6.15. The average molecular weight is 413 g/mol. The van der Waals surface area contributed by atoms with Gasteiger partial charge in [-0.3, -0.25) is 9.69 Å². The number of aliphatic imine (C=N–C) groups is 1. The van der Waals surface area contributed by atoms with E-state index in [4.69, 9.17) is 0 Å². The Hall–Kier alpha value is -2.67. The molecule has 2 saturated heterocycles. The van der Waals surface area contributed by atoms with Gasteiger partial charge in [-0.05, 0) is 73.0 Å². The Morgan fingerprint density at radius 2 is 1.86 bits per heavy atom. The fourth-order valence-electron chi connectivity index (χ4n) is 3.56. The van der Waals surface area contributed by atoms with E-state index in [1.807, 2.05) is 12.1 Å². The lowest BCUT2D eigenvalue weighted by molar-refractivity contribution is -0.121. The minimum absolute atomic E-state index is 0.000565. The predicted molar refractivity (Wildman–Crippen MR) is 114 cm³/mol. The van der Waals surface area contributed by atoms with Gasteiger partial charge in [-0.2, -0.15) is 0 Å². The zero-order valence-corrected chi connectivity index (χ0v) is 17.1. The van der Waals surface area contributed by atoms with Crippen molar-refractivity contribution in [1.82, 2.24) is 4.90 Å². The summed E-state index contributed by atoms with van der Waals surface area (Å²) in [5.41, 5.74) is 3.35. The lowest BCUT2D eigenvalue weighted by atomic mass is 10.1. The summed E-state index contributed by atoms with van der Waals surface area (Å²) in [4.78, 5) is 21.1. The maximum absolute atomic E-state index is 13.9. The summed E-state index contributed by atoms with van der Waals surface area (Å²) in [6.45, 7) is 4.25. The van der Waals surface area contributed by atoms with Gasteiger partial charge in [0, 0.05) is 31.9 Å². The quantitative estimate of drug-likeness (QED) is 0.657. The number of benzene rings is 2. The third-order valence-electron chi connectivity index (χ3n) is 5.09. The number of amides is 1. The van der Waals surface area contributed by atoms with Gasteiger partial charge in [-0.15, -0.1) is 0 Å². The van der Waals surface area contributed by atoms with Crippen LogP contribution in [0.15, 0.2) is 46.3 Å². The van der Waals surface area contributed by atoms with Crippen molar-refractivity contribution in [1.29, 1.82) is 0 Å². The molecule has 4 nitrogen and oxygen atoms in total. The molecule has 2 aliphatic heterocycles. The van der Waals surface area contributed by atoms with Crippen LogP contribution >= 0.6 is 11.8 Å². The molecule has 150 valence electrons. The zero-order chi connectivity index (χ0) is 20.5. The minimum Gasteiger partial charge on any atom is -0.371 e. The van der Waals surface area contributed by atoms with Gasteiger partial charge in [-0.1, -0.05) is 6.07 Å². The van der Waals surface area contributed by atoms with E-state index in [1.54, 1.807) is 7.05 Å². The molecule has 0 aromatic heterocycles. The number of hydrogen-bond donors (Lipinski definition) is 0. The predicted octanol–water partition coefficient (Wildman–Crippen LogP) is 5.11. The molecule has 0 aliphatic carbocycles. The van der Waals surface area contributed by atoms with Crippen molar-refractivity contribution in [3.8, 4) is 0 Å². The van der Waals surface area contributed by atoms with E-state index >= 15 is 0 Å². The van der Waals surface area contributed by atoms with Gasteiger partial charge >= 0.3 is 0 Å². The molecule has 0 unspecified atom stereocenters. The molecule has 0 atom stereocenters. The molecule has 2 heterocycles. The highest BCUT2D eigenvalue weighted by molar-refractivity contribution is 8.18. The van der Waals surface area contributed by atoms with Crippen LogP contribution in [0.4, 0.5) is 20.2 Å². The Morgan fingerprint density at radius 1 is 1.10 bits per heavy atom. The van der Waals surface area contributed by atoms with Crippen LogP contribution in [0.2, 0.25) is 0 Å². The molecule has 4 rings (SSSR count). The molecular formula is C22H21F2N3OS. The number of hydrogen-bond acceptors (Lipinski definition) is 4. The highest BCUT2D eigenvalue weighted by Crippen LogP contribution is 2.34. The maximum Gasteiger partial charge on any atom is 0.266 e. The maximum atomic E-state index is 13.9. The fraction of sp³-hybridized carbons (Fsp3) is 0.273. The Labute approximate surface area is 172 Å². The van der Waals surface area contributed by atoms with Gasteiger partial charge in [0.05, 0.1) is 4.91 Å². The second kappa shape index (κ2) is 7.99. The molecule has 29 heavy (non-hydrogen) atoms. The monoisotopic (exact) mass is 413 g/mol. The van der Waals surface area contributed by atoms with Crippen molar-refractivity contribution in [3.63, 3.8) is 0 Å². The first-order valence-corrected chi connectivity index (χ1v) is 10.3. The summed E-state index contributed by atoms with van der Waals surface area (Å²) in [5.74, 6) is -1.62. The fourth-order valence-corrected chi connectivity index (χ4v) is 4.54. The normalized spacial score (nSPS) is 19.8. The van der Waals surface area contributed by atoms with E-state index in [0.717, 1.165) is 30.8 Å². The van der Waals surface area contributed by atoms with Crippen LogP contribution in [0.25, 0.3) is 6.08 Å². The van der Waals surface area contributed by atoms with Gasteiger partial charge in [-0.25, -0.2) is 13.8 Å². The number of nitrogens with zero attached hydrogens (tertiary/aromatic N) is 3. The molecule has 2 aromatic rings. The van der Waals surface area contributed by atoms with Gasteiger partial charge < -0.3 is 4.90 Å². The largest absolute Gasteiger partial charge is 0.371 e. The van der Waals surface area contributed by atoms with Crippen molar-refractivity contribution >= 4 is 40.3 Å². The number of carbonyl (C=O) groups is 1. The second-order valence-corrected chi connectivity index (χ2v) is 8.21. The van der Waals surface area contributed by atoms with E-state index in [9.17, 15) is 13.6 Å². The van der Waals surface area contributed by atoms with E-state index in [0.29, 0.717) is 10.1 Å². The first-order chi connectivity index (χ1) is 13.9. The van der Waals surface area contributed by atoms with Crippen molar-refractivity contribution in [2.75, 3.05) is 25.0 Å². The third kappa shape index (κ3) is 4.05. The molecule has 7 heteroatoms. The Morgan fingerprint density at radius 3 is 2.55 bits per heavy atom. The first-order valence-electron chi connectivity index (χ1n) is 9.49. The van der Waals surface area contributed by atoms with E-state index in [1.165, 1.54) is 46.8 Å². The van der Waals surface area contributed by atoms with Crippen molar-refractivity contribution in [2.24, 2.45) is 4.99 Å². The highest BCUT2D eigenvalue weighted by Gasteiger charge is 2.30. The van der Waals surface area contributed by atoms with Crippen LogP contribution in [0.3, 0.4) is 0 Å². The molecule has 0 spiro atoms. The van der Waals surface area contributed by atoms with Gasteiger partial charge in [0.1, 0.15) is 11.5 Å². The van der Waals surface area contributed by atoms with Crippen LogP contribution in [-0.2, 0) is 4.79 Å². The molecule has 2 aromatic carbocycles. The average Bonchev–Trinajstić information content (AvgIpc) is 3.29. The van der Waals surface area contributed by atoms with Crippen LogP contribution in [-0.4, -0.2) is 36.1 Å². The summed E-state index contributed by atoms with van der Waals surface area (Å²) in [6, 6.07) is 9.37. The Balaban J connectivity index is 1.59. The highest BCUT2D eigenvalue weighted by atomic mass is 32.2. The molecule has 0 bridgehead atoms. The number of anilines is 1. The number of halogens is 2. The molecule has 2 fully saturated rings. The minimum atomic E-state index is -0.760. The van der Waals surface area contributed by atoms with Crippen LogP contribution in [0.1, 0.15) is 24.0 Å².